The number of anilines is 1. The molecule has 0 atom stereocenters. The second-order valence-electron chi connectivity index (χ2n) is 4.99. The van der Waals surface area contributed by atoms with Crippen molar-refractivity contribution in [2.24, 2.45) is 0 Å². The minimum Gasteiger partial charge on any atom is -0.379 e. The van der Waals surface area contributed by atoms with Gasteiger partial charge in [-0.25, -0.2) is 13.1 Å². The fourth-order valence-corrected chi connectivity index (χ4v) is 3.03. The highest BCUT2D eigenvalue weighted by atomic mass is 32.2. The SMILES string of the molecule is CCCCNc1ccc(S(=O)(=O)NC(C)C)cc1[N+](=O)[O-]. The first-order chi connectivity index (χ1) is 9.77. The Morgan fingerprint density at radius 2 is 2.00 bits per heavy atom. The molecule has 0 aromatic heterocycles. The fourth-order valence-electron chi connectivity index (χ4n) is 1.76. The Labute approximate surface area is 124 Å². The van der Waals surface area contributed by atoms with Gasteiger partial charge in [0.25, 0.3) is 5.69 Å². The zero-order valence-corrected chi connectivity index (χ0v) is 13.2. The molecular formula is C13H21N3O4S. The van der Waals surface area contributed by atoms with Crippen LogP contribution in [0.25, 0.3) is 0 Å². The van der Waals surface area contributed by atoms with Crippen LogP contribution < -0.4 is 10.0 Å². The van der Waals surface area contributed by atoms with E-state index in [1.807, 2.05) is 6.92 Å². The van der Waals surface area contributed by atoms with E-state index >= 15 is 0 Å². The summed E-state index contributed by atoms with van der Waals surface area (Å²) in [4.78, 5) is 10.4. The minimum atomic E-state index is -3.74. The molecule has 0 saturated heterocycles. The first-order valence-electron chi connectivity index (χ1n) is 6.82. The largest absolute Gasteiger partial charge is 0.379 e. The molecule has 7 nitrogen and oxygen atoms in total. The normalized spacial score (nSPS) is 11.6. The number of nitro groups is 1. The number of sulfonamides is 1. The van der Waals surface area contributed by atoms with Crippen LogP contribution in [0.1, 0.15) is 33.6 Å². The van der Waals surface area contributed by atoms with Crippen molar-refractivity contribution in [3.05, 3.63) is 28.3 Å². The van der Waals surface area contributed by atoms with Gasteiger partial charge in [-0.2, -0.15) is 0 Å². The average Bonchev–Trinajstić information content (AvgIpc) is 2.37. The zero-order chi connectivity index (χ0) is 16.0. The smallest absolute Gasteiger partial charge is 0.293 e. The number of unbranched alkanes of at least 4 members (excludes halogenated alkanes) is 1. The van der Waals surface area contributed by atoms with Crippen LogP contribution in [0.15, 0.2) is 23.1 Å². The van der Waals surface area contributed by atoms with Crippen LogP contribution in [0.5, 0.6) is 0 Å². The Balaban J connectivity index is 3.11. The number of nitro benzene ring substituents is 1. The van der Waals surface area contributed by atoms with Crippen LogP contribution in [-0.4, -0.2) is 25.9 Å². The fraction of sp³-hybridized carbons (Fsp3) is 0.538. The van der Waals surface area contributed by atoms with Crippen LogP contribution in [-0.2, 0) is 10.0 Å². The topological polar surface area (TPSA) is 101 Å². The van der Waals surface area contributed by atoms with Gasteiger partial charge >= 0.3 is 0 Å². The molecule has 1 aromatic carbocycles. The molecule has 2 N–H and O–H groups in total. The monoisotopic (exact) mass is 315 g/mol. The molecule has 0 unspecified atom stereocenters. The summed E-state index contributed by atoms with van der Waals surface area (Å²) >= 11 is 0. The minimum absolute atomic E-state index is 0.107. The van der Waals surface area contributed by atoms with Crippen molar-refractivity contribution in [1.29, 1.82) is 0 Å². The van der Waals surface area contributed by atoms with Crippen molar-refractivity contribution in [2.45, 2.75) is 44.6 Å². The number of hydrogen-bond donors (Lipinski definition) is 2. The third-order valence-corrected chi connectivity index (χ3v) is 4.37. The lowest BCUT2D eigenvalue weighted by molar-refractivity contribution is -0.384. The van der Waals surface area contributed by atoms with Crippen LogP contribution in [0.2, 0.25) is 0 Å². The Morgan fingerprint density at radius 3 is 2.52 bits per heavy atom. The van der Waals surface area contributed by atoms with Gasteiger partial charge in [0.2, 0.25) is 10.0 Å². The predicted molar refractivity (Wildman–Crippen MR) is 82.0 cm³/mol. The summed E-state index contributed by atoms with van der Waals surface area (Å²) in [6.07, 6.45) is 1.84. The summed E-state index contributed by atoms with van der Waals surface area (Å²) in [7, 11) is -3.74. The first-order valence-corrected chi connectivity index (χ1v) is 8.31. The molecule has 0 heterocycles. The van der Waals surface area contributed by atoms with Gasteiger partial charge in [-0.05, 0) is 32.4 Å². The first kappa shape index (κ1) is 17.4. The second kappa shape index (κ2) is 7.37. The quantitative estimate of drug-likeness (QED) is 0.436. The summed E-state index contributed by atoms with van der Waals surface area (Å²) in [6, 6.07) is 3.60. The molecule has 1 aromatic rings. The van der Waals surface area contributed by atoms with E-state index in [0.717, 1.165) is 18.9 Å². The van der Waals surface area contributed by atoms with Gasteiger partial charge < -0.3 is 5.32 Å². The molecule has 0 spiro atoms. The van der Waals surface area contributed by atoms with Crippen LogP contribution >= 0.6 is 0 Å². The van der Waals surface area contributed by atoms with E-state index in [2.05, 4.69) is 10.0 Å². The lowest BCUT2D eigenvalue weighted by Gasteiger charge is -2.11. The molecular weight excluding hydrogens is 294 g/mol. The van der Waals surface area contributed by atoms with E-state index in [4.69, 9.17) is 0 Å². The van der Waals surface area contributed by atoms with Crippen LogP contribution in [0.4, 0.5) is 11.4 Å². The molecule has 0 bridgehead atoms. The van der Waals surface area contributed by atoms with Crippen molar-refractivity contribution in [3.8, 4) is 0 Å². The lowest BCUT2D eigenvalue weighted by atomic mass is 10.2. The van der Waals surface area contributed by atoms with Crippen molar-refractivity contribution in [3.63, 3.8) is 0 Å². The van der Waals surface area contributed by atoms with E-state index in [1.54, 1.807) is 13.8 Å². The van der Waals surface area contributed by atoms with Crippen molar-refractivity contribution in [1.82, 2.24) is 4.72 Å². The molecule has 0 aliphatic carbocycles. The number of nitrogens with zero attached hydrogens (tertiary/aromatic N) is 1. The molecule has 21 heavy (non-hydrogen) atoms. The Morgan fingerprint density at radius 1 is 1.33 bits per heavy atom. The molecule has 0 amide bonds. The van der Waals surface area contributed by atoms with E-state index in [9.17, 15) is 18.5 Å². The number of rotatable bonds is 8. The molecule has 1 rings (SSSR count). The number of nitrogens with one attached hydrogen (secondary N) is 2. The maximum absolute atomic E-state index is 12.0. The summed E-state index contributed by atoms with van der Waals surface area (Å²) in [5.74, 6) is 0. The number of benzene rings is 1. The summed E-state index contributed by atoms with van der Waals surface area (Å²) in [6.45, 7) is 6.00. The van der Waals surface area contributed by atoms with Crippen molar-refractivity contribution < 1.29 is 13.3 Å². The molecule has 0 fully saturated rings. The highest BCUT2D eigenvalue weighted by molar-refractivity contribution is 7.89. The Kier molecular flexibility index (Phi) is 6.10. The van der Waals surface area contributed by atoms with Gasteiger partial charge in [0, 0.05) is 18.7 Å². The zero-order valence-electron chi connectivity index (χ0n) is 12.4. The van der Waals surface area contributed by atoms with Crippen LogP contribution in [0.3, 0.4) is 0 Å². The van der Waals surface area contributed by atoms with Crippen LogP contribution in [0, 0.1) is 10.1 Å². The standard InChI is InChI=1S/C13H21N3O4S/c1-4-5-8-14-12-7-6-11(9-13(12)16(17)18)21(19,20)15-10(2)3/h6-7,9-10,14-15H,4-5,8H2,1-3H3. The molecule has 0 radical (unpaired) electrons. The van der Waals surface area contributed by atoms with E-state index in [1.165, 1.54) is 12.1 Å². The molecule has 0 saturated carbocycles. The Bertz CT molecular complexity index is 599. The summed E-state index contributed by atoms with van der Waals surface area (Å²) < 4.78 is 26.5. The van der Waals surface area contributed by atoms with Gasteiger partial charge in [-0.1, -0.05) is 13.3 Å². The summed E-state index contributed by atoms with van der Waals surface area (Å²) in [5, 5.41) is 14.1. The highest BCUT2D eigenvalue weighted by Gasteiger charge is 2.21. The Hall–Kier alpha value is -1.67. The average molecular weight is 315 g/mol. The molecule has 0 aliphatic heterocycles. The summed E-state index contributed by atoms with van der Waals surface area (Å²) in [5.41, 5.74) is 0.0923. The van der Waals surface area contributed by atoms with E-state index < -0.39 is 14.9 Å². The molecule has 0 aliphatic rings. The van der Waals surface area contributed by atoms with Gasteiger partial charge in [0.1, 0.15) is 5.69 Å². The molecule has 118 valence electrons. The van der Waals surface area contributed by atoms with Crippen molar-refractivity contribution in [2.75, 3.05) is 11.9 Å². The second-order valence-corrected chi connectivity index (χ2v) is 6.71. The maximum atomic E-state index is 12.0. The van der Waals surface area contributed by atoms with Gasteiger partial charge in [-0.3, -0.25) is 10.1 Å². The third kappa shape index (κ3) is 4.98. The molecule has 8 heteroatoms. The lowest BCUT2D eigenvalue weighted by Crippen LogP contribution is -2.30. The highest BCUT2D eigenvalue weighted by Crippen LogP contribution is 2.27. The van der Waals surface area contributed by atoms with Gasteiger partial charge in [0.05, 0.1) is 9.82 Å². The maximum Gasteiger partial charge on any atom is 0.293 e. The number of hydrogen-bond acceptors (Lipinski definition) is 5. The van der Waals surface area contributed by atoms with Crippen molar-refractivity contribution >= 4 is 21.4 Å². The van der Waals surface area contributed by atoms with E-state index in [0.29, 0.717) is 12.2 Å². The van der Waals surface area contributed by atoms with E-state index in [-0.39, 0.29) is 16.6 Å². The predicted octanol–water partition coefficient (Wildman–Crippen LogP) is 2.49. The third-order valence-electron chi connectivity index (χ3n) is 2.71. The van der Waals surface area contributed by atoms with Gasteiger partial charge in [0.15, 0.2) is 0 Å². The van der Waals surface area contributed by atoms with Gasteiger partial charge in [-0.15, -0.1) is 0 Å².